The van der Waals surface area contributed by atoms with Gasteiger partial charge in [-0.2, -0.15) is 5.26 Å². The fraction of sp³-hybridized carbons (Fsp3) is 0.0526. The molecule has 2 aromatic carbocycles. The number of nitriles is 1. The predicted octanol–water partition coefficient (Wildman–Crippen LogP) is 4.44. The number of hydrogen-bond donors (Lipinski definition) is 1. The van der Waals surface area contributed by atoms with Crippen LogP contribution in [-0.2, 0) is 0 Å². The molecule has 0 atom stereocenters. The molecule has 3 aromatic rings. The molecule has 23 heavy (non-hydrogen) atoms. The van der Waals surface area contributed by atoms with Gasteiger partial charge in [0.2, 0.25) is 0 Å². The first-order valence-corrected chi connectivity index (χ1v) is 7.06. The first kappa shape index (κ1) is 14.7. The van der Waals surface area contributed by atoms with Gasteiger partial charge in [0.25, 0.3) is 0 Å². The van der Waals surface area contributed by atoms with Gasteiger partial charge in [-0.3, -0.25) is 4.98 Å². The van der Waals surface area contributed by atoms with Crippen molar-refractivity contribution in [3.63, 3.8) is 0 Å². The summed E-state index contributed by atoms with van der Waals surface area (Å²) in [7, 11) is 0. The highest BCUT2D eigenvalue weighted by Crippen LogP contribution is 2.32. The highest BCUT2D eigenvalue weighted by atomic mass is 19.1. The summed E-state index contributed by atoms with van der Waals surface area (Å²) >= 11 is 0. The van der Waals surface area contributed by atoms with Crippen molar-refractivity contribution in [1.82, 2.24) is 4.98 Å². The number of benzene rings is 2. The van der Waals surface area contributed by atoms with Gasteiger partial charge in [-0.25, -0.2) is 4.39 Å². The van der Waals surface area contributed by atoms with Gasteiger partial charge in [-0.1, -0.05) is 30.3 Å². The number of aromatic nitrogens is 1. The molecule has 112 valence electrons. The summed E-state index contributed by atoms with van der Waals surface area (Å²) in [5.41, 5.74) is 3.00. The average molecular weight is 304 g/mol. The van der Waals surface area contributed by atoms with E-state index in [1.807, 2.05) is 0 Å². The Balaban J connectivity index is 2.27. The van der Waals surface area contributed by atoms with Crippen LogP contribution in [0.2, 0.25) is 0 Å². The van der Waals surface area contributed by atoms with E-state index in [1.54, 1.807) is 55.5 Å². The number of aromatic hydroxyl groups is 1. The molecule has 0 bridgehead atoms. The quantitative estimate of drug-likeness (QED) is 0.761. The Kier molecular flexibility index (Phi) is 3.78. The topological polar surface area (TPSA) is 56.9 Å². The second-order valence-electron chi connectivity index (χ2n) is 5.16. The van der Waals surface area contributed by atoms with Crippen LogP contribution in [0.15, 0.2) is 54.6 Å². The van der Waals surface area contributed by atoms with Crippen molar-refractivity contribution in [3.8, 4) is 34.2 Å². The molecule has 0 radical (unpaired) electrons. The lowest BCUT2D eigenvalue weighted by Gasteiger charge is -2.11. The van der Waals surface area contributed by atoms with E-state index in [0.29, 0.717) is 33.6 Å². The Hall–Kier alpha value is -3.19. The molecule has 4 heteroatoms. The highest BCUT2D eigenvalue weighted by Gasteiger charge is 2.15. The molecular formula is C19H13FN2O. The Morgan fingerprint density at radius 3 is 2.52 bits per heavy atom. The van der Waals surface area contributed by atoms with Crippen LogP contribution >= 0.6 is 0 Å². The maximum Gasteiger partial charge on any atom is 0.131 e. The minimum absolute atomic E-state index is 0.124. The largest absolute Gasteiger partial charge is 0.508 e. The zero-order valence-electron chi connectivity index (χ0n) is 12.4. The lowest BCUT2D eigenvalue weighted by Crippen LogP contribution is -1.97. The van der Waals surface area contributed by atoms with E-state index in [0.717, 1.165) is 0 Å². The van der Waals surface area contributed by atoms with Crippen molar-refractivity contribution in [2.24, 2.45) is 0 Å². The molecular weight excluding hydrogens is 291 g/mol. The molecule has 3 rings (SSSR count). The van der Waals surface area contributed by atoms with Gasteiger partial charge in [0.05, 0.1) is 17.0 Å². The summed E-state index contributed by atoms with van der Waals surface area (Å²) in [6, 6.07) is 16.8. The molecule has 0 aliphatic rings. The van der Waals surface area contributed by atoms with E-state index in [9.17, 15) is 14.8 Å². The van der Waals surface area contributed by atoms with Crippen molar-refractivity contribution in [2.45, 2.75) is 6.92 Å². The lowest BCUT2D eigenvalue weighted by atomic mass is 9.97. The van der Waals surface area contributed by atoms with Gasteiger partial charge in [-0.05, 0) is 31.2 Å². The molecule has 0 aliphatic heterocycles. The number of hydrogen-bond acceptors (Lipinski definition) is 3. The van der Waals surface area contributed by atoms with Gasteiger partial charge >= 0.3 is 0 Å². The van der Waals surface area contributed by atoms with Crippen LogP contribution in [0.3, 0.4) is 0 Å². The van der Waals surface area contributed by atoms with Crippen molar-refractivity contribution < 1.29 is 9.50 Å². The van der Waals surface area contributed by atoms with Crippen LogP contribution < -0.4 is 0 Å². The number of nitrogens with zero attached hydrogens (tertiary/aromatic N) is 2. The molecule has 0 unspecified atom stereocenters. The third-order valence-electron chi connectivity index (χ3n) is 3.62. The zero-order valence-corrected chi connectivity index (χ0v) is 12.4. The average Bonchev–Trinajstić information content (AvgIpc) is 2.54. The van der Waals surface area contributed by atoms with E-state index in [1.165, 1.54) is 6.07 Å². The Morgan fingerprint density at radius 1 is 1.04 bits per heavy atom. The van der Waals surface area contributed by atoms with E-state index in [-0.39, 0.29) is 5.75 Å². The fourth-order valence-electron chi connectivity index (χ4n) is 2.52. The van der Waals surface area contributed by atoms with E-state index in [2.05, 4.69) is 11.1 Å². The van der Waals surface area contributed by atoms with Gasteiger partial charge in [0.1, 0.15) is 17.6 Å². The van der Waals surface area contributed by atoms with Crippen LogP contribution in [0.4, 0.5) is 4.39 Å². The summed E-state index contributed by atoms with van der Waals surface area (Å²) in [5, 5.41) is 19.0. The maximum absolute atomic E-state index is 14.2. The van der Waals surface area contributed by atoms with Gasteiger partial charge in [0.15, 0.2) is 0 Å². The van der Waals surface area contributed by atoms with E-state index in [4.69, 9.17) is 0 Å². The SMILES string of the molecule is Cc1nc(-c2cccc(O)c2)cc(-c2ccccc2F)c1C#N. The van der Waals surface area contributed by atoms with E-state index >= 15 is 0 Å². The van der Waals surface area contributed by atoms with Crippen LogP contribution in [-0.4, -0.2) is 10.1 Å². The summed E-state index contributed by atoms with van der Waals surface area (Å²) in [4.78, 5) is 4.42. The van der Waals surface area contributed by atoms with Crippen molar-refractivity contribution in [1.29, 1.82) is 5.26 Å². The van der Waals surface area contributed by atoms with Gasteiger partial charge in [0, 0.05) is 16.7 Å². The first-order chi connectivity index (χ1) is 11.1. The third kappa shape index (κ3) is 2.77. The summed E-state index contributed by atoms with van der Waals surface area (Å²) < 4.78 is 14.2. The van der Waals surface area contributed by atoms with Crippen molar-refractivity contribution in [3.05, 3.63) is 71.7 Å². The third-order valence-corrected chi connectivity index (χ3v) is 3.62. The Morgan fingerprint density at radius 2 is 1.83 bits per heavy atom. The van der Waals surface area contributed by atoms with Crippen LogP contribution in [0, 0.1) is 24.1 Å². The maximum atomic E-state index is 14.2. The predicted molar refractivity (Wildman–Crippen MR) is 86.2 cm³/mol. The molecule has 0 saturated carbocycles. The zero-order chi connectivity index (χ0) is 16.4. The molecule has 0 spiro atoms. The standard InChI is InChI=1S/C19H13FN2O/c1-12-17(11-21)16(15-7-2-3-8-18(15)20)10-19(22-12)13-5-4-6-14(23)9-13/h2-10,23H,1H3. The number of rotatable bonds is 2. The Bertz CT molecular complexity index is 929. The monoisotopic (exact) mass is 304 g/mol. The van der Waals surface area contributed by atoms with E-state index < -0.39 is 5.82 Å². The lowest BCUT2D eigenvalue weighted by molar-refractivity contribution is 0.475. The van der Waals surface area contributed by atoms with Gasteiger partial charge in [-0.15, -0.1) is 0 Å². The second-order valence-corrected chi connectivity index (χ2v) is 5.16. The van der Waals surface area contributed by atoms with Gasteiger partial charge < -0.3 is 5.11 Å². The molecule has 0 amide bonds. The number of pyridine rings is 1. The van der Waals surface area contributed by atoms with Crippen LogP contribution in [0.5, 0.6) is 5.75 Å². The number of aryl methyl sites for hydroxylation is 1. The number of phenols is 1. The molecule has 1 heterocycles. The second kappa shape index (κ2) is 5.90. The smallest absolute Gasteiger partial charge is 0.131 e. The highest BCUT2D eigenvalue weighted by molar-refractivity contribution is 5.77. The van der Waals surface area contributed by atoms with Crippen molar-refractivity contribution in [2.75, 3.05) is 0 Å². The molecule has 0 aliphatic carbocycles. The Labute approximate surface area is 133 Å². The number of phenolic OH excluding ortho intramolecular Hbond substituents is 1. The summed E-state index contributed by atoms with van der Waals surface area (Å²) in [5.74, 6) is -0.268. The fourth-order valence-corrected chi connectivity index (χ4v) is 2.52. The minimum Gasteiger partial charge on any atom is -0.508 e. The molecule has 3 nitrogen and oxygen atoms in total. The molecule has 0 fully saturated rings. The number of halogens is 1. The minimum atomic E-state index is -0.392. The molecule has 0 saturated heterocycles. The summed E-state index contributed by atoms with van der Waals surface area (Å²) in [6.45, 7) is 1.72. The molecule has 1 N–H and O–H groups in total. The van der Waals surface area contributed by atoms with Crippen LogP contribution in [0.1, 0.15) is 11.3 Å². The van der Waals surface area contributed by atoms with Crippen LogP contribution in [0.25, 0.3) is 22.4 Å². The van der Waals surface area contributed by atoms with Crippen molar-refractivity contribution >= 4 is 0 Å². The first-order valence-electron chi connectivity index (χ1n) is 7.06. The molecule has 1 aromatic heterocycles. The summed E-state index contributed by atoms with van der Waals surface area (Å²) in [6.07, 6.45) is 0. The normalized spacial score (nSPS) is 10.3.